The molecule has 1 fully saturated rings. The van der Waals surface area contributed by atoms with Crippen LogP contribution < -0.4 is 5.32 Å². The topological polar surface area (TPSA) is 48.7 Å². The number of fused-ring (bicyclic) bond motifs is 1. The third-order valence-electron chi connectivity index (χ3n) is 5.43. The lowest BCUT2D eigenvalue weighted by Gasteiger charge is -2.27. The number of nitrogens with zero attached hydrogens (tertiary/aromatic N) is 2. The largest absolute Gasteiger partial charge is 0.366 e. The molecule has 0 spiro atoms. The van der Waals surface area contributed by atoms with Gasteiger partial charge in [0, 0.05) is 11.7 Å². The fourth-order valence-corrected chi connectivity index (χ4v) is 4.12. The summed E-state index contributed by atoms with van der Waals surface area (Å²) in [7, 11) is 0. The number of hydrogen-bond donors (Lipinski definition) is 1. The molecule has 2 aliphatic carbocycles. The van der Waals surface area contributed by atoms with Gasteiger partial charge in [-0.05, 0) is 62.5 Å². The molecule has 0 atom stereocenters. The average molecular weight is 311 g/mol. The van der Waals surface area contributed by atoms with Gasteiger partial charge >= 0.3 is 0 Å². The Balaban J connectivity index is 1.94. The van der Waals surface area contributed by atoms with E-state index in [0.29, 0.717) is 6.04 Å². The van der Waals surface area contributed by atoms with Crippen molar-refractivity contribution in [1.29, 1.82) is 5.26 Å². The van der Waals surface area contributed by atoms with Crippen molar-refractivity contribution in [3.63, 3.8) is 0 Å². The maximum absolute atomic E-state index is 9.74. The Morgan fingerprint density at radius 3 is 2.52 bits per heavy atom. The van der Waals surface area contributed by atoms with Gasteiger partial charge in [0.15, 0.2) is 0 Å². The molecule has 3 nitrogen and oxygen atoms in total. The molecule has 0 amide bonds. The molecule has 2 aliphatic rings. The normalized spacial score (nSPS) is 18.3. The van der Waals surface area contributed by atoms with E-state index in [4.69, 9.17) is 4.98 Å². The summed E-state index contributed by atoms with van der Waals surface area (Å²) in [6.45, 7) is 2.23. The van der Waals surface area contributed by atoms with Crippen LogP contribution in [0.1, 0.15) is 87.1 Å². The summed E-state index contributed by atoms with van der Waals surface area (Å²) < 4.78 is 0. The first-order valence-electron chi connectivity index (χ1n) is 9.54. The van der Waals surface area contributed by atoms with Gasteiger partial charge in [-0.1, -0.05) is 32.6 Å². The van der Waals surface area contributed by atoms with Gasteiger partial charge in [-0.15, -0.1) is 0 Å². The molecular weight excluding hydrogens is 282 g/mol. The van der Waals surface area contributed by atoms with Crippen LogP contribution in [0.25, 0.3) is 0 Å². The van der Waals surface area contributed by atoms with Gasteiger partial charge in [-0.3, -0.25) is 0 Å². The van der Waals surface area contributed by atoms with Crippen molar-refractivity contribution in [2.75, 3.05) is 5.32 Å². The van der Waals surface area contributed by atoms with E-state index in [-0.39, 0.29) is 0 Å². The highest BCUT2D eigenvalue weighted by atomic mass is 15.0. The number of rotatable bonds is 5. The minimum absolute atomic E-state index is 0.504. The Kier molecular flexibility index (Phi) is 5.54. The molecule has 0 unspecified atom stereocenters. The van der Waals surface area contributed by atoms with E-state index in [1.54, 1.807) is 0 Å². The molecule has 1 aromatic heterocycles. The predicted molar refractivity (Wildman–Crippen MR) is 94.7 cm³/mol. The maximum Gasteiger partial charge on any atom is 0.144 e. The van der Waals surface area contributed by atoms with E-state index in [2.05, 4.69) is 18.3 Å². The first kappa shape index (κ1) is 16.3. The zero-order chi connectivity index (χ0) is 16.1. The number of pyridine rings is 1. The van der Waals surface area contributed by atoms with E-state index in [1.165, 1.54) is 74.6 Å². The van der Waals surface area contributed by atoms with Crippen LogP contribution in [0.2, 0.25) is 0 Å². The van der Waals surface area contributed by atoms with Crippen molar-refractivity contribution in [2.24, 2.45) is 0 Å². The summed E-state index contributed by atoms with van der Waals surface area (Å²) in [5.41, 5.74) is 4.80. The summed E-state index contributed by atoms with van der Waals surface area (Å²) in [6, 6.07) is 2.98. The number of aromatic nitrogens is 1. The van der Waals surface area contributed by atoms with Gasteiger partial charge in [0.25, 0.3) is 0 Å². The lowest BCUT2D eigenvalue weighted by atomic mass is 9.86. The Morgan fingerprint density at radius 2 is 1.83 bits per heavy atom. The van der Waals surface area contributed by atoms with E-state index in [1.807, 2.05) is 0 Å². The number of nitrogens with one attached hydrogen (secondary N) is 1. The van der Waals surface area contributed by atoms with Gasteiger partial charge < -0.3 is 5.32 Å². The molecule has 0 bridgehead atoms. The second-order valence-corrected chi connectivity index (χ2v) is 7.14. The molecular formula is C20H29N3. The highest BCUT2D eigenvalue weighted by molar-refractivity contribution is 5.60. The quantitative estimate of drug-likeness (QED) is 0.839. The standard InChI is InChI=1S/C20H29N3/c1-2-3-13-19-17-12-8-7-11-16(17)18(14-21)20(23-19)22-15-9-5-4-6-10-15/h15H,2-13H2,1H3,(H,22,23). The molecule has 0 radical (unpaired) electrons. The minimum Gasteiger partial charge on any atom is -0.366 e. The number of nitriles is 1. The number of aryl methyl sites for hydroxylation is 1. The Hall–Kier alpha value is -1.56. The number of unbranched alkanes of at least 4 members (excludes halogenated alkanes) is 1. The van der Waals surface area contributed by atoms with Crippen LogP contribution in [0.5, 0.6) is 0 Å². The summed E-state index contributed by atoms with van der Waals surface area (Å²) in [5, 5.41) is 13.4. The van der Waals surface area contributed by atoms with Crippen molar-refractivity contribution in [1.82, 2.24) is 4.98 Å². The monoisotopic (exact) mass is 311 g/mol. The van der Waals surface area contributed by atoms with Gasteiger partial charge in [-0.2, -0.15) is 5.26 Å². The Morgan fingerprint density at radius 1 is 1.09 bits per heavy atom. The highest BCUT2D eigenvalue weighted by Gasteiger charge is 2.23. The highest BCUT2D eigenvalue weighted by Crippen LogP contribution is 2.32. The van der Waals surface area contributed by atoms with Crippen molar-refractivity contribution >= 4 is 5.82 Å². The molecule has 1 saturated carbocycles. The lowest BCUT2D eigenvalue weighted by Crippen LogP contribution is -2.25. The van der Waals surface area contributed by atoms with Crippen LogP contribution >= 0.6 is 0 Å². The zero-order valence-corrected chi connectivity index (χ0v) is 14.5. The lowest BCUT2D eigenvalue weighted by molar-refractivity contribution is 0.461. The van der Waals surface area contributed by atoms with Crippen LogP contribution in [-0.4, -0.2) is 11.0 Å². The fraction of sp³-hybridized carbons (Fsp3) is 0.700. The van der Waals surface area contributed by atoms with Gasteiger partial charge in [0.2, 0.25) is 0 Å². The number of anilines is 1. The summed E-state index contributed by atoms with van der Waals surface area (Å²) >= 11 is 0. The summed E-state index contributed by atoms with van der Waals surface area (Å²) in [6.07, 6.45) is 14.4. The number of hydrogen-bond acceptors (Lipinski definition) is 3. The van der Waals surface area contributed by atoms with Gasteiger partial charge in [0.05, 0.1) is 5.56 Å². The SMILES string of the molecule is CCCCc1nc(NC2CCCCC2)c(C#N)c2c1CCCC2. The van der Waals surface area contributed by atoms with Crippen molar-refractivity contribution < 1.29 is 0 Å². The molecule has 124 valence electrons. The Bertz CT molecular complexity index is 580. The van der Waals surface area contributed by atoms with Crippen LogP contribution in [0.4, 0.5) is 5.82 Å². The molecule has 3 rings (SSSR count). The first-order chi connectivity index (χ1) is 11.3. The van der Waals surface area contributed by atoms with Crippen molar-refractivity contribution in [2.45, 2.75) is 90.0 Å². The molecule has 1 N–H and O–H groups in total. The second-order valence-electron chi connectivity index (χ2n) is 7.14. The summed E-state index contributed by atoms with van der Waals surface area (Å²) in [5.74, 6) is 0.881. The van der Waals surface area contributed by atoms with E-state index in [0.717, 1.165) is 30.6 Å². The molecule has 23 heavy (non-hydrogen) atoms. The third-order valence-corrected chi connectivity index (χ3v) is 5.43. The van der Waals surface area contributed by atoms with E-state index in [9.17, 15) is 5.26 Å². The Labute approximate surface area is 140 Å². The second kappa shape index (κ2) is 7.81. The molecule has 0 aliphatic heterocycles. The van der Waals surface area contributed by atoms with Gasteiger partial charge in [0.1, 0.15) is 11.9 Å². The molecule has 1 aromatic rings. The predicted octanol–water partition coefficient (Wildman–Crippen LogP) is 4.92. The van der Waals surface area contributed by atoms with Crippen LogP contribution in [0.15, 0.2) is 0 Å². The van der Waals surface area contributed by atoms with E-state index < -0.39 is 0 Å². The van der Waals surface area contributed by atoms with Crippen molar-refractivity contribution in [3.05, 3.63) is 22.4 Å². The molecule has 0 aromatic carbocycles. The first-order valence-corrected chi connectivity index (χ1v) is 9.54. The molecule has 0 saturated heterocycles. The van der Waals surface area contributed by atoms with E-state index >= 15 is 0 Å². The van der Waals surface area contributed by atoms with Crippen molar-refractivity contribution in [3.8, 4) is 6.07 Å². The third kappa shape index (κ3) is 3.68. The van der Waals surface area contributed by atoms with Crippen LogP contribution in [-0.2, 0) is 19.3 Å². The zero-order valence-electron chi connectivity index (χ0n) is 14.5. The summed E-state index contributed by atoms with van der Waals surface area (Å²) in [4.78, 5) is 4.95. The van der Waals surface area contributed by atoms with Crippen LogP contribution in [0, 0.1) is 11.3 Å². The molecule has 1 heterocycles. The average Bonchev–Trinajstić information content (AvgIpc) is 2.60. The minimum atomic E-state index is 0.504. The fourth-order valence-electron chi connectivity index (χ4n) is 4.12. The molecule has 3 heteroatoms. The maximum atomic E-state index is 9.74. The smallest absolute Gasteiger partial charge is 0.144 e. The van der Waals surface area contributed by atoms with Crippen LogP contribution in [0.3, 0.4) is 0 Å². The van der Waals surface area contributed by atoms with Gasteiger partial charge in [-0.25, -0.2) is 4.98 Å².